The van der Waals surface area contributed by atoms with Gasteiger partial charge in [-0.15, -0.1) is 0 Å². The second-order valence-corrected chi connectivity index (χ2v) is 9.97. The Morgan fingerprint density at radius 1 is 1.13 bits per heavy atom. The van der Waals surface area contributed by atoms with E-state index in [2.05, 4.69) is 67.1 Å². The lowest BCUT2D eigenvalue weighted by molar-refractivity contribution is -0.0864. The summed E-state index contributed by atoms with van der Waals surface area (Å²) in [5, 5.41) is 0. The van der Waals surface area contributed by atoms with Crippen molar-refractivity contribution >= 4 is 15.9 Å². The number of hydrogen-bond donors (Lipinski definition) is 0. The Morgan fingerprint density at radius 3 is 2.74 bits per heavy atom. The standard InChI is InChI=1S/C22H31Br/c1-4-6-14-9-11-18-17-12-10-15(23)13-20(17)22(2,3)19-8-5-7-16(14)21(18)19/h5,8,10,12-14,16-21H,4,6-7,9,11H2,1-3H3. The highest BCUT2D eigenvalue weighted by molar-refractivity contribution is 9.11. The van der Waals surface area contributed by atoms with E-state index in [1.54, 1.807) is 0 Å². The van der Waals surface area contributed by atoms with Crippen LogP contribution in [-0.2, 0) is 0 Å². The normalized spacial score (nSPS) is 46.8. The van der Waals surface area contributed by atoms with E-state index in [0.29, 0.717) is 11.3 Å². The van der Waals surface area contributed by atoms with Crippen LogP contribution in [0.2, 0.25) is 0 Å². The van der Waals surface area contributed by atoms with E-state index in [1.165, 1.54) is 36.6 Å². The van der Waals surface area contributed by atoms with Crippen LogP contribution in [0.5, 0.6) is 0 Å². The number of fused-ring (bicyclic) bond motifs is 2. The zero-order valence-corrected chi connectivity index (χ0v) is 16.4. The van der Waals surface area contributed by atoms with Crippen LogP contribution < -0.4 is 0 Å². The van der Waals surface area contributed by atoms with Crippen LogP contribution in [0.3, 0.4) is 0 Å². The molecule has 7 unspecified atom stereocenters. The van der Waals surface area contributed by atoms with Crippen molar-refractivity contribution in [2.75, 3.05) is 0 Å². The van der Waals surface area contributed by atoms with Gasteiger partial charge in [-0.1, -0.05) is 79.9 Å². The highest BCUT2D eigenvalue weighted by atomic mass is 79.9. The van der Waals surface area contributed by atoms with E-state index in [4.69, 9.17) is 0 Å². The molecule has 126 valence electrons. The third kappa shape index (κ3) is 2.44. The van der Waals surface area contributed by atoms with Crippen LogP contribution >= 0.6 is 15.9 Å². The Hall–Kier alpha value is -0.300. The maximum atomic E-state index is 3.74. The Labute approximate surface area is 150 Å². The van der Waals surface area contributed by atoms with Crippen molar-refractivity contribution in [3.63, 3.8) is 0 Å². The highest BCUT2D eigenvalue weighted by Gasteiger charge is 2.57. The predicted molar refractivity (Wildman–Crippen MR) is 102 cm³/mol. The Morgan fingerprint density at radius 2 is 1.96 bits per heavy atom. The lowest BCUT2D eigenvalue weighted by Crippen LogP contribution is -2.55. The molecule has 7 atom stereocenters. The SMILES string of the molecule is CCCC1CCC2C3C=CC(Br)=CC3C(C)(C)C3C=CCC1C23. The van der Waals surface area contributed by atoms with E-state index in [0.717, 1.165) is 35.5 Å². The van der Waals surface area contributed by atoms with Gasteiger partial charge in [0.2, 0.25) is 0 Å². The summed E-state index contributed by atoms with van der Waals surface area (Å²) in [6.07, 6.45) is 19.6. The molecular formula is C22H31Br. The summed E-state index contributed by atoms with van der Waals surface area (Å²) >= 11 is 3.74. The maximum Gasteiger partial charge on any atom is 0.0135 e. The third-order valence-electron chi connectivity index (χ3n) is 7.73. The molecule has 1 heteroatoms. The van der Waals surface area contributed by atoms with Crippen LogP contribution in [0.15, 0.2) is 34.9 Å². The molecule has 0 saturated heterocycles. The van der Waals surface area contributed by atoms with Crippen molar-refractivity contribution in [2.45, 2.75) is 52.9 Å². The van der Waals surface area contributed by atoms with Crippen molar-refractivity contribution in [3.8, 4) is 0 Å². The van der Waals surface area contributed by atoms with Crippen molar-refractivity contribution in [3.05, 3.63) is 34.9 Å². The summed E-state index contributed by atoms with van der Waals surface area (Å²) in [6.45, 7) is 7.45. The molecule has 0 spiro atoms. The van der Waals surface area contributed by atoms with Crippen molar-refractivity contribution in [1.82, 2.24) is 0 Å². The zero-order chi connectivity index (χ0) is 16.2. The second-order valence-electron chi connectivity index (χ2n) is 9.06. The molecule has 0 aliphatic heterocycles. The molecule has 4 aliphatic rings. The molecule has 2 saturated carbocycles. The van der Waals surface area contributed by atoms with Gasteiger partial charge in [-0.2, -0.15) is 0 Å². The average molecular weight is 375 g/mol. The molecule has 4 rings (SSSR count). The van der Waals surface area contributed by atoms with Gasteiger partial charge in [0, 0.05) is 4.48 Å². The molecule has 0 heterocycles. The molecule has 0 aromatic heterocycles. The topological polar surface area (TPSA) is 0 Å². The summed E-state index contributed by atoms with van der Waals surface area (Å²) in [5.41, 5.74) is 0.374. The van der Waals surface area contributed by atoms with E-state index < -0.39 is 0 Å². The molecule has 0 bridgehead atoms. The Kier molecular flexibility index (Phi) is 4.15. The minimum absolute atomic E-state index is 0.374. The molecular weight excluding hydrogens is 344 g/mol. The van der Waals surface area contributed by atoms with Crippen LogP contribution in [0.1, 0.15) is 52.9 Å². The Bertz CT molecular complexity index is 552. The molecule has 0 amide bonds. The van der Waals surface area contributed by atoms with Gasteiger partial charge in [0.05, 0.1) is 0 Å². The molecule has 2 fully saturated rings. The molecule has 0 aromatic carbocycles. The van der Waals surface area contributed by atoms with Crippen LogP contribution in [0.25, 0.3) is 0 Å². The van der Waals surface area contributed by atoms with Crippen molar-refractivity contribution < 1.29 is 0 Å². The number of hydrogen-bond acceptors (Lipinski definition) is 0. The van der Waals surface area contributed by atoms with E-state index >= 15 is 0 Å². The van der Waals surface area contributed by atoms with Gasteiger partial charge < -0.3 is 0 Å². The molecule has 0 N–H and O–H groups in total. The number of allylic oxidation sites excluding steroid dienone is 6. The van der Waals surface area contributed by atoms with E-state index in [9.17, 15) is 0 Å². The second kappa shape index (κ2) is 5.90. The maximum absolute atomic E-state index is 3.74. The molecule has 4 aliphatic carbocycles. The van der Waals surface area contributed by atoms with Crippen LogP contribution in [0.4, 0.5) is 0 Å². The first-order chi connectivity index (χ1) is 11.0. The quantitative estimate of drug-likeness (QED) is 0.469. The van der Waals surface area contributed by atoms with E-state index in [-0.39, 0.29) is 0 Å². The lowest BCUT2D eigenvalue weighted by Gasteiger charge is -2.61. The molecule has 23 heavy (non-hydrogen) atoms. The van der Waals surface area contributed by atoms with E-state index in [1.807, 2.05) is 0 Å². The minimum atomic E-state index is 0.374. The van der Waals surface area contributed by atoms with Crippen LogP contribution in [0, 0.1) is 46.8 Å². The molecule has 0 radical (unpaired) electrons. The van der Waals surface area contributed by atoms with Gasteiger partial charge in [-0.25, -0.2) is 0 Å². The van der Waals surface area contributed by atoms with Gasteiger partial charge in [0.15, 0.2) is 0 Å². The highest BCUT2D eigenvalue weighted by Crippen LogP contribution is 2.63. The van der Waals surface area contributed by atoms with Gasteiger partial charge in [-0.05, 0) is 66.1 Å². The Balaban J connectivity index is 1.74. The summed E-state index contributed by atoms with van der Waals surface area (Å²) in [5.74, 6) is 6.01. The summed E-state index contributed by atoms with van der Waals surface area (Å²) in [7, 11) is 0. The zero-order valence-electron chi connectivity index (χ0n) is 14.8. The third-order valence-corrected chi connectivity index (χ3v) is 8.26. The lowest BCUT2D eigenvalue weighted by atomic mass is 9.43. The fourth-order valence-corrected chi connectivity index (χ4v) is 7.20. The minimum Gasteiger partial charge on any atom is -0.0879 e. The van der Waals surface area contributed by atoms with Gasteiger partial charge in [0.25, 0.3) is 0 Å². The first-order valence-electron chi connectivity index (χ1n) is 9.76. The smallest absolute Gasteiger partial charge is 0.0135 e. The summed E-state index contributed by atoms with van der Waals surface area (Å²) in [4.78, 5) is 0. The predicted octanol–water partition coefficient (Wildman–Crippen LogP) is 6.74. The molecule has 0 aromatic rings. The van der Waals surface area contributed by atoms with Gasteiger partial charge >= 0.3 is 0 Å². The largest absolute Gasteiger partial charge is 0.0879 e. The number of halogens is 1. The van der Waals surface area contributed by atoms with Crippen LogP contribution in [-0.4, -0.2) is 0 Å². The van der Waals surface area contributed by atoms with Gasteiger partial charge in [-0.3, -0.25) is 0 Å². The fraction of sp³-hybridized carbons (Fsp3) is 0.727. The summed E-state index contributed by atoms with van der Waals surface area (Å²) < 4.78 is 1.29. The average Bonchev–Trinajstić information content (AvgIpc) is 2.54. The summed E-state index contributed by atoms with van der Waals surface area (Å²) in [6, 6.07) is 0. The van der Waals surface area contributed by atoms with Gasteiger partial charge in [0.1, 0.15) is 0 Å². The van der Waals surface area contributed by atoms with Crippen molar-refractivity contribution in [1.29, 1.82) is 0 Å². The van der Waals surface area contributed by atoms with Crippen molar-refractivity contribution in [2.24, 2.45) is 46.8 Å². The monoisotopic (exact) mass is 374 g/mol. The first-order valence-corrected chi connectivity index (χ1v) is 10.6. The number of rotatable bonds is 2. The first kappa shape index (κ1) is 16.2. The fourth-order valence-electron chi connectivity index (χ4n) is 6.76. The molecule has 0 nitrogen and oxygen atoms in total.